The van der Waals surface area contributed by atoms with Crippen molar-refractivity contribution in [2.24, 2.45) is 5.73 Å². The van der Waals surface area contributed by atoms with Crippen LogP contribution in [0.3, 0.4) is 0 Å². The zero-order valence-electron chi connectivity index (χ0n) is 17.2. The number of allylic oxidation sites excluding steroid dienone is 1. The van der Waals surface area contributed by atoms with Crippen molar-refractivity contribution < 1.29 is 14.0 Å². The van der Waals surface area contributed by atoms with Gasteiger partial charge in [0.15, 0.2) is 0 Å². The molecule has 1 aliphatic rings. The first-order valence-electron chi connectivity index (χ1n) is 10.2. The molecule has 0 spiro atoms. The van der Waals surface area contributed by atoms with Crippen molar-refractivity contribution in [2.75, 3.05) is 0 Å². The van der Waals surface area contributed by atoms with E-state index in [0.29, 0.717) is 28.1 Å². The third kappa shape index (κ3) is 4.70. The zero-order valence-corrected chi connectivity index (χ0v) is 17.9. The molecule has 2 amide bonds. The second-order valence-electron chi connectivity index (χ2n) is 7.68. The summed E-state index contributed by atoms with van der Waals surface area (Å²) in [5, 5.41) is 0.361. The molecular formula is C25H21ClFN3O2. The molecule has 0 saturated heterocycles. The van der Waals surface area contributed by atoms with Crippen molar-refractivity contribution in [3.63, 3.8) is 0 Å². The van der Waals surface area contributed by atoms with E-state index < -0.39 is 5.91 Å². The van der Waals surface area contributed by atoms with Gasteiger partial charge in [0, 0.05) is 35.1 Å². The Balaban J connectivity index is 1.61. The second kappa shape index (κ2) is 9.32. The van der Waals surface area contributed by atoms with E-state index in [2.05, 4.69) is 4.98 Å². The normalized spacial score (nSPS) is 15.0. The maximum atomic E-state index is 14.2. The summed E-state index contributed by atoms with van der Waals surface area (Å²) in [6, 6.07) is 13.3. The molecule has 0 aliphatic heterocycles. The van der Waals surface area contributed by atoms with Crippen LogP contribution in [0.15, 0.2) is 73.2 Å². The molecule has 1 atom stereocenters. The van der Waals surface area contributed by atoms with Gasteiger partial charge in [-0.2, -0.15) is 0 Å². The zero-order chi connectivity index (χ0) is 22.7. The molecule has 32 heavy (non-hydrogen) atoms. The molecule has 3 aromatic rings. The van der Waals surface area contributed by atoms with E-state index in [1.54, 1.807) is 59.8 Å². The molecule has 0 bridgehead atoms. The fraction of sp³-hybridized carbons (Fsp3) is 0.160. The van der Waals surface area contributed by atoms with Crippen LogP contribution in [0, 0.1) is 5.82 Å². The van der Waals surface area contributed by atoms with E-state index in [-0.39, 0.29) is 24.2 Å². The number of benzene rings is 2. The molecule has 4 rings (SSSR count). The summed E-state index contributed by atoms with van der Waals surface area (Å²) in [5.74, 6) is -1.06. The maximum absolute atomic E-state index is 14.2. The minimum absolute atomic E-state index is 0.0420. The largest absolute Gasteiger partial charge is 0.366 e. The molecule has 1 aliphatic carbocycles. The third-order valence-corrected chi connectivity index (χ3v) is 5.78. The van der Waals surface area contributed by atoms with Crippen LogP contribution in [0.25, 0.3) is 0 Å². The SMILES string of the molecule is NC(=O)c1ccc(CN(/C=C/[C@H]2CCc3c(F)cc(Cl)cc32)C(=O)c2cccnc2)cc1. The highest BCUT2D eigenvalue weighted by Gasteiger charge is 2.24. The van der Waals surface area contributed by atoms with Crippen molar-refractivity contribution in [3.05, 3.63) is 112 Å². The summed E-state index contributed by atoms with van der Waals surface area (Å²) in [6.07, 6.45) is 8.12. The molecule has 0 saturated carbocycles. The highest BCUT2D eigenvalue weighted by molar-refractivity contribution is 6.30. The van der Waals surface area contributed by atoms with Crippen molar-refractivity contribution >= 4 is 23.4 Å². The minimum Gasteiger partial charge on any atom is -0.366 e. The number of carbonyl (C=O) groups is 2. The fourth-order valence-electron chi connectivity index (χ4n) is 3.90. The molecule has 1 aromatic heterocycles. The monoisotopic (exact) mass is 449 g/mol. The van der Waals surface area contributed by atoms with Gasteiger partial charge in [-0.05, 0) is 65.9 Å². The predicted octanol–water partition coefficient (Wildman–Crippen LogP) is 4.86. The molecular weight excluding hydrogens is 429 g/mol. The quantitative estimate of drug-likeness (QED) is 0.584. The Labute approximate surface area is 190 Å². The summed E-state index contributed by atoms with van der Waals surface area (Å²) < 4.78 is 14.2. The number of halogens is 2. The molecule has 2 N–H and O–H groups in total. The number of amides is 2. The summed E-state index contributed by atoms with van der Waals surface area (Å²) in [5.41, 5.74) is 8.52. The van der Waals surface area contributed by atoms with Crippen LogP contribution in [-0.4, -0.2) is 21.7 Å². The van der Waals surface area contributed by atoms with Gasteiger partial charge in [0.25, 0.3) is 5.91 Å². The number of rotatable bonds is 6. The standard InChI is InChI=1S/C25H21ClFN3O2/c26-20-12-22-17(7-8-21(22)23(27)13-20)9-11-30(25(32)19-2-1-10-29-14-19)15-16-3-5-18(6-4-16)24(28)31/h1-6,9-14,17H,7-8,15H2,(H2,28,31)/b11-9+/t17-/m1/s1. The smallest absolute Gasteiger partial charge is 0.259 e. The molecule has 5 nitrogen and oxygen atoms in total. The maximum Gasteiger partial charge on any atom is 0.259 e. The topological polar surface area (TPSA) is 76.3 Å². The number of nitrogens with zero attached hydrogens (tertiary/aromatic N) is 2. The number of carbonyl (C=O) groups excluding carboxylic acids is 2. The lowest BCUT2D eigenvalue weighted by Crippen LogP contribution is -2.25. The summed E-state index contributed by atoms with van der Waals surface area (Å²) >= 11 is 6.06. The van der Waals surface area contributed by atoms with E-state index in [1.165, 1.54) is 12.3 Å². The Hall–Kier alpha value is -3.51. The van der Waals surface area contributed by atoms with E-state index in [4.69, 9.17) is 17.3 Å². The van der Waals surface area contributed by atoms with Gasteiger partial charge < -0.3 is 10.6 Å². The Bertz CT molecular complexity index is 1180. The van der Waals surface area contributed by atoms with E-state index >= 15 is 0 Å². The van der Waals surface area contributed by atoms with Gasteiger partial charge in [0.2, 0.25) is 5.91 Å². The second-order valence-corrected chi connectivity index (χ2v) is 8.11. The first-order chi connectivity index (χ1) is 15.4. The van der Waals surface area contributed by atoms with Crippen LogP contribution in [0.5, 0.6) is 0 Å². The van der Waals surface area contributed by atoms with Crippen molar-refractivity contribution in [1.29, 1.82) is 0 Å². The molecule has 0 fully saturated rings. The first kappa shape index (κ1) is 21.7. The van der Waals surface area contributed by atoms with Crippen molar-refractivity contribution in [1.82, 2.24) is 9.88 Å². The van der Waals surface area contributed by atoms with Gasteiger partial charge >= 0.3 is 0 Å². The van der Waals surface area contributed by atoms with Crippen LogP contribution in [0.2, 0.25) is 5.02 Å². The van der Waals surface area contributed by atoms with Crippen LogP contribution in [0.1, 0.15) is 49.7 Å². The summed E-state index contributed by atoms with van der Waals surface area (Å²) in [6.45, 7) is 0.284. The average Bonchev–Trinajstić information content (AvgIpc) is 3.20. The van der Waals surface area contributed by atoms with Crippen LogP contribution in [0.4, 0.5) is 4.39 Å². The molecule has 162 valence electrons. The number of fused-ring (bicyclic) bond motifs is 1. The number of hydrogen-bond donors (Lipinski definition) is 1. The molecule has 2 aromatic carbocycles. The predicted molar refractivity (Wildman–Crippen MR) is 121 cm³/mol. The number of primary amides is 1. The summed E-state index contributed by atoms with van der Waals surface area (Å²) in [4.78, 5) is 30.1. The van der Waals surface area contributed by atoms with Gasteiger partial charge in [-0.15, -0.1) is 0 Å². The molecule has 0 radical (unpaired) electrons. The van der Waals surface area contributed by atoms with Gasteiger partial charge in [-0.25, -0.2) is 4.39 Å². The molecule has 7 heteroatoms. The number of nitrogens with two attached hydrogens (primary N) is 1. The lowest BCUT2D eigenvalue weighted by Gasteiger charge is -2.20. The Kier molecular flexibility index (Phi) is 6.32. The van der Waals surface area contributed by atoms with E-state index in [1.807, 2.05) is 6.08 Å². The number of aromatic nitrogens is 1. The lowest BCUT2D eigenvalue weighted by atomic mass is 10.0. The van der Waals surface area contributed by atoms with E-state index in [9.17, 15) is 14.0 Å². The van der Waals surface area contributed by atoms with Crippen LogP contribution < -0.4 is 5.73 Å². The van der Waals surface area contributed by atoms with Gasteiger partial charge in [-0.3, -0.25) is 14.6 Å². The van der Waals surface area contributed by atoms with E-state index in [0.717, 1.165) is 17.5 Å². The highest BCUT2D eigenvalue weighted by Crippen LogP contribution is 2.37. The van der Waals surface area contributed by atoms with Crippen molar-refractivity contribution in [2.45, 2.75) is 25.3 Å². The minimum atomic E-state index is -0.509. The van der Waals surface area contributed by atoms with Gasteiger partial charge in [0.1, 0.15) is 5.82 Å². The molecule has 0 unspecified atom stereocenters. The van der Waals surface area contributed by atoms with Crippen LogP contribution >= 0.6 is 11.6 Å². The van der Waals surface area contributed by atoms with Crippen LogP contribution in [-0.2, 0) is 13.0 Å². The lowest BCUT2D eigenvalue weighted by molar-refractivity contribution is 0.0812. The Morgan fingerprint density at radius 1 is 1.19 bits per heavy atom. The van der Waals surface area contributed by atoms with Gasteiger partial charge in [-0.1, -0.05) is 29.8 Å². The summed E-state index contributed by atoms with van der Waals surface area (Å²) in [7, 11) is 0. The first-order valence-corrected chi connectivity index (χ1v) is 10.6. The third-order valence-electron chi connectivity index (χ3n) is 5.56. The van der Waals surface area contributed by atoms with Gasteiger partial charge in [0.05, 0.1) is 12.1 Å². The Morgan fingerprint density at radius 2 is 1.97 bits per heavy atom. The molecule has 1 heterocycles. The van der Waals surface area contributed by atoms with Crippen molar-refractivity contribution in [3.8, 4) is 0 Å². The number of pyridine rings is 1. The average molecular weight is 450 g/mol. The fourth-order valence-corrected chi connectivity index (χ4v) is 4.11. The Morgan fingerprint density at radius 3 is 2.66 bits per heavy atom. The highest BCUT2D eigenvalue weighted by atomic mass is 35.5. The number of hydrogen-bond acceptors (Lipinski definition) is 3.